The summed E-state index contributed by atoms with van der Waals surface area (Å²) in [5, 5.41) is 18.7. The van der Waals surface area contributed by atoms with Crippen LogP contribution in [0.2, 0.25) is 0 Å². The van der Waals surface area contributed by atoms with E-state index < -0.39 is 11.8 Å². The number of hydrogen-bond acceptors (Lipinski definition) is 5. The molecule has 0 bridgehead atoms. The van der Waals surface area contributed by atoms with Gasteiger partial charge in [0, 0.05) is 24.8 Å². The van der Waals surface area contributed by atoms with Crippen molar-refractivity contribution in [3.8, 4) is 0 Å². The Hall–Kier alpha value is -1.40. The monoisotopic (exact) mass is 225 g/mol. The summed E-state index contributed by atoms with van der Waals surface area (Å²) < 4.78 is 1.47. The fourth-order valence-electron chi connectivity index (χ4n) is 2.20. The first kappa shape index (κ1) is 11.1. The lowest BCUT2D eigenvalue weighted by Crippen LogP contribution is -2.26. The molecule has 1 saturated carbocycles. The van der Waals surface area contributed by atoms with Crippen LogP contribution in [-0.4, -0.2) is 32.5 Å². The number of aromatic nitrogens is 2. The third-order valence-electron chi connectivity index (χ3n) is 3.11. The van der Waals surface area contributed by atoms with Gasteiger partial charge in [-0.15, -0.1) is 0 Å². The molecule has 1 aliphatic carbocycles. The highest BCUT2D eigenvalue weighted by atomic mass is 16.3. The van der Waals surface area contributed by atoms with Crippen molar-refractivity contribution < 1.29 is 10.2 Å². The molecule has 0 aliphatic heterocycles. The van der Waals surface area contributed by atoms with Gasteiger partial charge < -0.3 is 15.9 Å². The number of nitrogens with zero attached hydrogens (tertiary/aromatic N) is 2. The van der Waals surface area contributed by atoms with E-state index in [0.717, 1.165) is 0 Å². The highest BCUT2D eigenvalue weighted by molar-refractivity contribution is 5.23. The van der Waals surface area contributed by atoms with E-state index in [1.54, 1.807) is 12.3 Å². The fraction of sp³-hybridized carbons (Fsp3) is 0.600. The fourth-order valence-corrected chi connectivity index (χ4v) is 2.20. The third kappa shape index (κ3) is 1.94. The van der Waals surface area contributed by atoms with Gasteiger partial charge in [-0.1, -0.05) is 0 Å². The second-order valence-corrected chi connectivity index (χ2v) is 4.18. The molecule has 1 unspecified atom stereocenters. The molecular formula is C10H15N3O3. The van der Waals surface area contributed by atoms with E-state index in [-0.39, 0.29) is 24.4 Å². The molecule has 1 fully saturated rings. The predicted octanol–water partition coefficient (Wildman–Crippen LogP) is -0.870. The zero-order chi connectivity index (χ0) is 11.7. The maximum absolute atomic E-state index is 11.6. The highest BCUT2D eigenvalue weighted by Crippen LogP contribution is 2.33. The van der Waals surface area contributed by atoms with Crippen LogP contribution in [0.5, 0.6) is 0 Å². The van der Waals surface area contributed by atoms with Gasteiger partial charge in [-0.25, -0.2) is 4.79 Å². The maximum atomic E-state index is 11.6. The molecule has 1 aliphatic rings. The van der Waals surface area contributed by atoms with Gasteiger partial charge in [0.15, 0.2) is 0 Å². The van der Waals surface area contributed by atoms with Gasteiger partial charge in [0.2, 0.25) is 0 Å². The Labute approximate surface area is 92.4 Å². The molecule has 0 aromatic carbocycles. The number of anilines is 1. The number of aliphatic hydroxyl groups excluding tert-OH is 2. The Morgan fingerprint density at radius 3 is 2.88 bits per heavy atom. The Morgan fingerprint density at radius 2 is 2.31 bits per heavy atom. The first-order chi connectivity index (χ1) is 7.61. The SMILES string of the molecule is Nc1ccn([C@@H]2CC(O)[C@H](CO)C2)c(=O)n1. The Kier molecular flexibility index (Phi) is 2.93. The summed E-state index contributed by atoms with van der Waals surface area (Å²) >= 11 is 0. The molecule has 6 heteroatoms. The molecule has 16 heavy (non-hydrogen) atoms. The highest BCUT2D eigenvalue weighted by Gasteiger charge is 2.33. The Bertz CT molecular complexity index is 432. The van der Waals surface area contributed by atoms with Gasteiger partial charge in [0.05, 0.1) is 6.10 Å². The van der Waals surface area contributed by atoms with Crippen molar-refractivity contribution >= 4 is 5.82 Å². The summed E-state index contributed by atoms with van der Waals surface area (Å²) in [6.45, 7) is -0.0607. The van der Waals surface area contributed by atoms with Crippen molar-refractivity contribution in [3.63, 3.8) is 0 Å². The van der Waals surface area contributed by atoms with Crippen molar-refractivity contribution in [2.75, 3.05) is 12.3 Å². The number of nitrogen functional groups attached to an aromatic ring is 1. The smallest absolute Gasteiger partial charge is 0.349 e. The minimum atomic E-state index is -0.556. The second kappa shape index (κ2) is 4.23. The molecule has 1 aromatic heterocycles. The van der Waals surface area contributed by atoms with Crippen molar-refractivity contribution in [1.29, 1.82) is 0 Å². The van der Waals surface area contributed by atoms with E-state index in [2.05, 4.69) is 4.98 Å². The van der Waals surface area contributed by atoms with Crippen molar-refractivity contribution in [1.82, 2.24) is 9.55 Å². The Morgan fingerprint density at radius 1 is 1.56 bits per heavy atom. The van der Waals surface area contributed by atoms with Crippen LogP contribution in [0, 0.1) is 5.92 Å². The summed E-state index contributed by atoms with van der Waals surface area (Å²) in [5.41, 5.74) is 4.99. The van der Waals surface area contributed by atoms with E-state index >= 15 is 0 Å². The zero-order valence-corrected chi connectivity index (χ0v) is 8.78. The van der Waals surface area contributed by atoms with Crippen molar-refractivity contribution in [2.45, 2.75) is 25.0 Å². The van der Waals surface area contributed by atoms with E-state index in [0.29, 0.717) is 12.8 Å². The average molecular weight is 225 g/mol. The topological polar surface area (TPSA) is 101 Å². The zero-order valence-electron chi connectivity index (χ0n) is 8.78. The van der Waals surface area contributed by atoms with Gasteiger partial charge >= 0.3 is 5.69 Å². The van der Waals surface area contributed by atoms with Gasteiger partial charge in [-0.05, 0) is 18.9 Å². The van der Waals surface area contributed by atoms with Crippen LogP contribution in [-0.2, 0) is 0 Å². The number of nitrogens with two attached hydrogens (primary N) is 1. The summed E-state index contributed by atoms with van der Waals surface area (Å²) in [5.74, 6) is 0.0351. The molecule has 88 valence electrons. The minimum absolute atomic E-state index is 0.0607. The summed E-state index contributed by atoms with van der Waals surface area (Å²) in [6, 6.07) is 1.45. The standard InChI is InChI=1S/C10H15N3O3/c11-9-1-2-13(10(16)12-9)7-3-6(5-14)8(15)4-7/h1-2,6-8,14-15H,3-5H2,(H2,11,12,16)/t6-,7-,8?/m0/s1. The largest absolute Gasteiger partial charge is 0.396 e. The van der Waals surface area contributed by atoms with E-state index in [1.165, 1.54) is 4.57 Å². The van der Waals surface area contributed by atoms with E-state index in [9.17, 15) is 9.90 Å². The normalized spacial score (nSPS) is 29.5. The van der Waals surface area contributed by atoms with Crippen LogP contribution in [0.25, 0.3) is 0 Å². The lowest BCUT2D eigenvalue weighted by atomic mass is 10.1. The summed E-state index contributed by atoms with van der Waals surface area (Å²) in [4.78, 5) is 15.2. The van der Waals surface area contributed by atoms with Gasteiger partial charge in [0.1, 0.15) is 5.82 Å². The molecule has 4 N–H and O–H groups in total. The molecule has 6 nitrogen and oxygen atoms in total. The lowest BCUT2D eigenvalue weighted by Gasteiger charge is -2.12. The number of rotatable bonds is 2. The third-order valence-corrected chi connectivity index (χ3v) is 3.11. The first-order valence-corrected chi connectivity index (χ1v) is 5.25. The maximum Gasteiger partial charge on any atom is 0.349 e. The minimum Gasteiger partial charge on any atom is -0.396 e. The molecule has 1 heterocycles. The van der Waals surface area contributed by atoms with E-state index in [1.807, 2.05) is 0 Å². The van der Waals surface area contributed by atoms with Crippen molar-refractivity contribution in [2.24, 2.45) is 5.92 Å². The van der Waals surface area contributed by atoms with Crippen LogP contribution in [0.3, 0.4) is 0 Å². The molecule has 1 aromatic rings. The van der Waals surface area contributed by atoms with Crippen LogP contribution in [0.4, 0.5) is 5.82 Å². The van der Waals surface area contributed by atoms with Crippen molar-refractivity contribution in [3.05, 3.63) is 22.7 Å². The molecule has 0 spiro atoms. The summed E-state index contributed by atoms with van der Waals surface area (Å²) in [6.07, 6.45) is 2.08. The van der Waals surface area contributed by atoms with Crippen LogP contribution < -0.4 is 11.4 Å². The quantitative estimate of drug-likeness (QED) is 0.607. The molecule has 0 saturated heterocycles. The Balaban J connectivity index is 2.23. The molecule has 2 rings (SSSR count). The molecule has 3 atom stereocenters. The second-order valence-electron chi connectivity index (χ2n) is 4.18. The first-order valence-electron chi connectivity index (χ1n) is 5.25. The van der Waals surface area contributed by atoms with Gasteiger partial charge in [-0.2, -0.15) is 4.98 Å². The predicted molar refractivity (Wildman–Crippen MR) is 57.8 cm³/mol. The molecule has 0 amide bonds. The average Bonchev–Trinajstić information content (AvgIpc) is 2.59. The van der Waals surface area contributed by atoms with Crippen LogP contribution >= 0.6 is 0 Å². The molecule has 0 radical (unpaired) electrons. The van der Waals surface area contributed by atoms with Crippen LogP contribution in [0.15, 0.2) is 17.1 Å². The summed E-state index contributed by atoms with van der Waals surface area (Å²) in [7, 11) is 0. The van der Waals surface area contributed by atoms with Gasteiger partial charge in [0.25, 0.3) is 0 Å². The lowest BCUT2D eigenvalue weighted by molar-refractivity contribution is 0.0906. The van der Waals surface area contributed by atoms with Gasteiger partial charge in [-0.3, -0.25) is 4.57 Å². The molecular weight excluding hydrogens is 210 g/mol. The van der Waals surface area contributed by atoms with Crippen LogP contribution in [0.1, 0.15) is 18.9 Å². The number of hydrogen-bond donors (Lipinski definition) is 3. The van der Waals surface area contributed by atoms with E-state index in [4.69, 9.17) is 10.8 Å². The number of aliphatic hydroxyl groups is 2.